The summed E-state index contributed by atoms with van der Waals surface area (Å²) in [6.07, 6.45) is 7.63. The first-order valence-electron chi connectivity index (χ1n) is 10.2. The van der Waals surface area contributed by atoms with Crippen molar-refractivity contribution in [3.63, 3.8) is 0 Å². The summed E-state index contributed by atoms with van der Waals surface area (Å²) in [6.45, 7) is 8.45. The molecule has 5 heterocycles. The maximum Gasteiger partial charge on any atom is 0.142 e. The Morgan fingerprint density at radius 3 is 2.62 bits per heavy atom. The molecule has 0 saturated carbocycles. The van der Waals surface area contributed by atoms with Crippen LogP contribution in [-0.2, 0) is 0 Å². The number of aryl methyl sites for hydroxylation is 1. The third-order valence-electron chi connectivity index (χ3n) is 6.70. The van der Waals surface area contributed by atoms with Gasteiger partial charge in [-0.05, 0) is 43.4 Å². The molecule has 5 rings (SSSR count). The van der Waals surface area contributed by atoms with Gasteiger partial charge in [0.2, 0.25) is 0 Å². The van der Waals surface area contributed by atoms with E-state index in [1.807, 2.05) is 19.2 Å². The zero-order chi connectivity index (χ0) is 20.0. The smallest absolute Gasteiger partial charge is 0.142 e. The number of H-pyrrole nitrogens is 1. The highest BCUT2D eigenvalue weighted by Gasteiger charge is 2.44. The van der Waals surface area contributed by atoms with E-state index in [4.69, 9.17) is 5.26 Å². The second kappa shape index (κ2) is 6.73. The van der Waals surface area contributed by atoms with Crippen molar-refractivity contribution < 1.29 is 0 Å². The van der Waals surface area contributed by atoms with Gasteiger partial charge in [-0.3, -0.25) is 0 Å². The van der Waals surface area contributed by atoms with Gasteiger partial charge in [-0.2, -0.15) is 5.26 Å². The SMILES string of the molecule is Cc1cc(C#N)cnc1N1CCC2CCN(c3ncnc4[nH]ccc34)CC2(C)C1. The molecule has 0 amide bonds. The lowest BCUT2D eigenvalue weighted by atomic mass is 9.68. The van der Waals surface area contributed by atoms with Crippen molar-refractivity contribution in [2.24, 2.45) is 11.3 Å². The molecule has 2 atom stereocenters. The van der Waals surface area contributed by atoms with E-state index in [2.05, 4.69) is 48.8 Å². The van der Waals surface area contributed by atoms with Gasteiger partial charge in [0.05, 0.1) is 10.9 Å². The summed E-state index contributed by atoms with van der Waals surface area (Å²) in [4.78, 5) is 21.6. The summed E-state index contributed by atoms with van der Waals surface area (Å²) in [5.74, 6) is 2.74. The van der Waals surface area contributed by atoms with E-state index in [-0.39, 0.29) is 5.41 Å². The molecule has 7 nitrogen and oxygen atoms in total. The van der Waals surface area contributed by atoms with Crippen LogP contribution in [0.25, 0.3) is 11.0 Å². The third-order valence-corrected chi connectivity index (χ3v) is 6.70. The molecule has 3 aromatic heterocycles. The lowest BCUT2D eigenvalue weighted by Gasteiger charge is -2.52. The molecule has 7 heteroatoms. The zero-order valence-corrected chi connectivity index (χ0v) is 16.9. The van der Waals surface area contributed by atoms with Gasteiger partial charge in [0, 0.05) is 44.0 Å². The maximum absolute atomic E-state index is 9.13. The molecule has 148 valence electrons. The number of aromatic nitrogens is 4. The van der Waals surface area contributed by atoms with Crippen molar-refractivity contribution in [2.75, 3.05) is 36.0 Å². The molecule has 0 radical (unpaired) electrons. The molecule has 0 bridgehead atoms. The van der Waals surface area contributed by atoms with Gasteiger partial charge < -0.3 is 14.8 Å². The number of nitriles is 1. The van der Waals surface area contributed by atoms with Crippen molar-refractivity contribution in [3.8, 4) is 6.07 Å². The quantitative estimate of drug-likeness (QED) is 0.726. The molecule has 2 fully saturated rings. The second-order valence-electron chi connectivity index (χ2n) is 8.68. The topological polar surface area (TPSA) is 84.7 Å². The molecule has 1 N–H and O–H groups in total. The summed E-state index contributed by atoms with van der Waals surface area (Å²) < 4.78 is 0. The van der Waals surface area contributed by atoms with E-state index >= 15 is 0 Å². The van der Waals surface area contributed by atoms with Crippen molar-refractivity contribution in [3.05, 3.63) is 42.0 Å². The molecule has 2 saturated heterocycles. The Morgan fingerprint density at radius 1 is 1.14 bits per heavy atom. The van der Waals surface area contributed by atoms with Crippen LogP contribution in [0.5, 0.6) is 0 Å². The second-order valence-corrected chi connectivity index (χ2v) is 8.68. The Morgan fingerprint density at radius 2 is 1.90 bits per heavy atom. The lowest BCUT2D eigenvalue weighted by Crippen LogP contribution is -2.57. The number of hydrogen-bond acceptors (Lipinski definition) is 6. The van der Waals surface area contributed by atoms with Crippen LogP contribution >= 0.6 is 0 Å². The molecule has 2 unspecified atom stereocenters. The summed E-state index contributed by atoms with van der Waals surface area (Å²) in [6, 6.07) is 6.19. The first-order valence-corrected chi connectivity index (χ1v) is 10.2. The number of anilines is 2. The Balaban J connectivity index is 1.42. The average molecular weight is 387 g/mol. The molecular formula is C22H25N7. The predicted octanol–water partition coefficient (Wildman–Crippen LogP) is 3.28. The van der Waals surface area contributed by atoms with Crippen molar-refractivity contribution >= 4 is 22.7 Å². The normalized spacial score (nSPS) is 24.4. The highest BCUT2D eigenvalue weighted by molar-refractivity contribution is 5.87. The number of nitrogens with zero attached hydrogens (tertiary/aromatic N) is 6. The van der Waals surface area contributed by atoms with Crippen molar-refractivity contribution in [1.29, 1.82) is 5.26 Å². The molecule has 3 aromatic rings. The van der Waals surface area contributed by atoms with Gasteiger partial charge in [0.15, 0.2) is 0 Å². The van der Waals surface area contributed by atoms with E-state index in [1.165, 1.54) is 12.8 Å². The fourth-order valence-corrected chi connectivity index (χ4v) is 5.23. The Hall–Kier alpha value is -3.14. The average Bonchev–Trinajstić information content (AvgIpc) is 3.21. The number of piperidine rings is 2. The van der Waals surface area contributed by atoms with Crippen LogP contribution in [0.15, 0.2) is 30.9 Å². The number of fused-ring (bicyclic) bond motifs is 2. The van der Waals surface area contributed by atoms with Gasteiger partial charge in [-0.25, -0.2) is 15.0 Å². The molecule has 29 heavy (non-hydrogen) atoms. The number of rotatable bonds is 2. The molecule has 0 aliphatic carbocycles. The van der Waals surface area contributed by atoms with Crippen LogP contribution < -0.4 is 9.80 Å². The standard InChI is InChI=1S/C22H25N7/c1-15-9-16(10-23)11-25-20(15)28-7-4-17-5-8-29(13-22(17,2)12-28)21-18-3-6-24-19(18)26-14-27-21/h3,6,9,11,14,17H,4-5,7-8,12-13H2,1-2H3,(H,24,26,27). The third kappa shape index (κ3) is 3.00. The largest absolute Gasteiger partial charge is 0.356 e. The van der Waals surface area contributed by atoms with Gasteiger partial charge >= 0.3 is 0 Å². The highest BCUT2D eigenvalue weighted by atomic mass is 15.3. The van der Waals surface area contributed by atoms with Crippen LogP contribution in [0.1, 0.15) is 30.9 Å². The monoisotopic (exact) mass is 387 g/mol. The molecule has 2 aliphatic rings. The van der Waals surface area contributed by atoms with Gasteiger partial charge in [0.1, 0.15) is 29.7 Å². The Labute approximate surface area is 170 Å². The molecule has 0 aromatic carbocycles. The van der Waals surface area contributed by atoms with E-state index in [0.717, 1.165) is 54.4 Å². The number of aromatic amines is 1. The Kier molecular flexibility index (Phi) is 4.16. The van der Waals surface area contributed by atoms with E-state index in [9.17, 15) is 0 Å². The van der Waals surface area contributed by atoms with Crippen LogP contribution in [0, 0.1) is 29.6 Å². The maximum atomic E-state index is 9.13. The lowest BCUT2D eigenvalue weighted by molar-refractivity contribution is 0.125. The van der Waals surface area contributed by atoms with Crippen LogP contribution in [0.4, 0.5) is 11.6 Å². The summed E-state index contributed by atoms with van der Waals surface area (Å²) >= 11 is 0. The molecule has 0 spiro atoms. The van der Waals surface area contributed by atoms with Crippen LogP contribution in [0.3, 0.4) is 0 Å². The van der Waals surface area contributed by atoms with Gasteiger partial charge in [-0.1, -0.05) is 6.92 Å². The number of pyridine rings is 1. The fourth-order valence-electron chi connectivity index (χ4n) is 5.23. The Bertz CT molecular complexity index is 1100. The van der Waals surface area contributed by atoms with Crippen molar-refractivity contribution in [2.45, 2.75) is 26.7 Å². The first kappa shape index (κ1) is 17.9. The van der Waals surface area contributed by atoms with Crippen molar-refractivity contribution in [1.82, 2.24) is 19.9 Å². The van der Waals surface area contributed by atoms with E-state index < -0.39 is 0 Å². The van der Waals surface area contributed by atoms with Gasteiger partial charge in [0.25, 0.3) is 0 Å². The molecular weight excluding hydrogens is 362 g/mol. The summed E-state index contributed by atoms with van der Waals surface area (Å²) in [5, 5.41) is 10.2. The van der Waals surface area contributed by atoms with Crippen LogP contribution in [-0.4, -0.2) is 46.1 Å². The minimum Gasteiger partial charge on any atom is -0.356 e. The summed E-state index contributed by atoms with van der Waals surface area (Å²) in [7, 11) is 0. The van der Waals surface area contributed by atoms with E-state index in [0.29, 0.717) is 11.5 Å². The number of nitrogens with one attached hydrogen (secondary N) is 1. The molecule has 2 aliphatic heterocycles. The van der Waals surface area contributed by atoms with E-state index in [1.54, 1.807) is 12.5 Å². The highest BCUT2D eigenvalue weighted by Crippen LogP contribution is 2.44. The number of hydrogen-bond donors (Lipinski definition) is 1. The zero-order valence-electron chi connectivity index (χ0n) is 16.9. The fraction of sp³-hybridized carbons (Fsp3) is 0.455. The summed E-state index contributed by atoms with van der Waals surface area (Å²) in [5.41, 5.74) is 2.75. The first-order chi connectivity index (χ1) is 14.1. The van der Waals surface area contributed by atoms with Gasteiger partial charge in [-0.15, -0.1) is 0 Å². The predicted molar refractivity (Wildman–Crippen MR) is 113 cm³/mol. The van der Waals surface area contributed by atoms with Crippen LogP contribution in [0.2, 0.25) is 0 Å². The minimum absolute atomic E-state index is 0.159. The minimum atomic E-state index is 0.159.